The molecule has 0 unspecified atom stereocenters. The monoisotopic (exact) mass is 474 g/mol. The fourth-order valence-corrected chi connectivity index (χ4v) is 4.75. The number of aromatic nitrogens is 4. The van der Waals surface area contributed by atoms with Gasteiger partial charge in [-0.2, -0.15) is 5.10 Å². The van der Waals surface area contributed by atoms with E-state index in [1.165, 1.54) is 5.39 Å². The molecule has 0 amide bonds. The van der Waals surface area contributed by atoms with Crippen molar-refractivity contribution in [2.75, 3.05) is 0 Å². The first-order valence-corrected chi connectivity index (χ1v) is 12.3. The lowest BCUT2D eigenvalue weighted by Gasteiger charge is -2.10. The zero-order chi connectivity index (χ0) is 24.6. The molecule has 37 heavy (non-hydrogen) atoms. The van der Waals surface area contributed by atoms with Gasteiger partial charge < -0.3 is 0 Å². The van der Waals surface area contributed by atoms with E-state index in [0.717, 1.165) is 50.4 Å². The van der Waals surface area contributed by atoms with E-state index in [4.69, 9.17) is 15.1 Å². The first-order valence-electron chi connectivity index (χ1n) is 12.3. The molecule has 4 aromatic carbocycles. The first-order chi connectivity index (χ1) is 18.3. The summed E-state index contributed by atoms with van der Waals surface area (Å²) in [4.78, 5) is 9.89. The molecule has 0 aliphatic heterocycles. The smallest absolute Gasteiger partial charge is 0.160 e. The zero-order valence-electron chi connectivity index (χ0n) is 20.0. The van der Waals surface area contributed by atoms with Gasteiger partial charge in [-0.1, -0.05) is 103 Å². The summed E-state index contributed by atoms with van der Waals surface area (Å²) in [5.74, 6) is 0.710. The van der Waals surface area contributed by atoms with Gasteiger partial charge in [-0.15, -0.1) is 0 Å². The third kappa shape index (κ3) is 3.95. The van der Waals surface area contributed by atoms with Crippen LogP contribution < -0.4 is 0 Å². The fourth-order valence-electron chi connectivity index (χ4n) is 4.75. The second kappa shape index (κ2) is 8.85. The Morgan fingerprint density at radius 2 is 1.05 bits per heavy atom. The number of nitrogens with zero attached hydrogens (tertiary/aromatic N) is 4. The van der Waals surface area contributed by atoms with Crippen LogP contribution in [0.1, 0.15) is 0 Å². The Kier molecular flexibility index (Phi) is 5.07. The van der Waals surface area contributed by atoms with Gasteiger partial charge in [0.25, 0.3) is 0 Å². The normalized spacial score (nSPS) is 11.2. The van der Waals surface area contributed by atoms with E-state index in [0.29, 0.717) is 5.82 Å². The Morgan fingerprint density at radius 3 is 1.84 bits per heavy atom. The Morgan fingerprint density at radius 1 is 0.432 bits per heavy atom. The molecule has 0 bridgehead atoms. The molecule has 0 N–H and O–H groups in total. The maximum absolute atomic E-state index is 4.98. The molecule has 0 spiro atoms. The van der Waals surface area contributed by atoms with Gasteiger partial charge in [-0.25, -0.2) is 14.5 Å². The summed E-state index contributed by atoms with van der Waals surface area (Å²) in [5.41, 5.74) is 8.99. The lowest BCUT2D eigenvalue weighted by Crippen LogP contribution is -1.96. The molecule has 0 saturated heterocycles. The van der Waals surface area contributed by atoms with Crippen LogP contribution in [0.25, 0.3) is 61.6 Å². The fraction of sp³-hybridized carbons (Fsp3) is 0. The molecular formula is C33H22N4. The number of hydrogen-bond acceptors (Lipinski definition) is 3. The molecule has 174 valence electrons. The maximum Gasteiger partial charge on any atom is 0.160 e. The molecule has 7 aromatic rings. The molecule has 0 aliphatic rings. The second-order valence-electron chi connectivity index (χ2n) is 9.03. The summed E-state index contributed by atoms with van der Waals surface area (Å²) in [5, 5.41) is 6.13. The molecule has 0 radical (unpaired) electrons. The molecule has 0 aliphatic carbocycles. The van der Waals surface area contributed by atoms with Gasteiger partial charge in [-0.05, 0) is 30.3 Å². The third-order valence-electron chi connectivity index (χ3n) is 6.62. The van der Waals surface area contributed by atoms with E-state index < -0.39 is 0 Å². The highest BCUT2D eigenvalue weighted by Crippen LogP contribution is 2.30. The molecule has 4 heteroatoms. The lowest BCUT2D eigenvalue weighted by molar-refractivity contribution is 1.01. The van der Waals surface area contributed by atoms with Gasteiger partial charge in [-0.3, -0.25) is 0 Å². The number of hydrogen-bond donors (Lipinski definition) is 0. The molecule has 0 fully saturated rings. The number of para-hydroxylation sites is 1. The van der Waals surface area contributed by atoms with Crippen LogP contribution >= 0.6 is 0 Å². The van der Waals surface area contributed by atoms with E-state index in [9.17, 15) is 0 Å². The minimum atomic E-state index is 0.710. The summed E-state index contributed by atoms with van der Waals surface area (Å²) >= 11 is 0. The van der Waals surface area contributed by atoms with Crippen molar-refractivity contribution in [1.82, 2.24) is 19.6 Å². The predicted molar refractivity (Wildman–Crippen MR) is 150 cm³/mol. The Hall–Kier alpha value is -5.09. The van der Waals surface area contributed by atoms with Crippen molar-refractivity contribution < 1.29 is 0 Å². The topological polar surface area (TPSA) is 43.1 Å². The highest BCUT2D eigenvalue weighted by atomic mass is 15.2. The van der Waals surface area contributed by atoms with E-state index in [1.807, 2.05) is 59.1 Å². The number of rotatable bonds is 4. The van der Waals surface area contributed by atoms with Crippen LogP contribution in [-0.2, 0) is 0 Å². The summed E-state index contributed by atoms with van der Waals surface area (Å²) in [7, 11) is 0. The predicted octanol–water partition coefficient (Wildman–Crippen LogP) is 7.95. The van der Waals surface area contributed by atoms with Crippen molar-refractivity contribution in [3.05, 3.63) is 133 Å². The van der Waals surface area contributed by atoms with Gasteiger partial charge in [0.15, 0.2) is 5.82 Å². The molecule has 0 saturated carbocycles. The molecule has 4 nitrogen and oxygen atoms in total. The summed E-state index contributed by atoms with van der Waals surface area (Å²) in [6.45, 7) is 0. The molecule has 3 heterocycles. The van der Waals surface area contributed by atoms with Crippen molar-refractivity contribution in [2.24, 2.45) is 0 Å². The van der Waals surface area contributed by atoms with Crippen LogP contribution in [0.4, 0.5) is 0 Å². The van der Waals surface area contributed by atoms with Crippen LogP contribution in [0.15, 0.2) is 133 Å². The maximum atomic E-state index is 4.98. The van der Waals surface area contributed by atoms with Gasteiger partial charge in [0.2, 0.25) is 0 Å². The standard InChI is InChI=1S/C33H22N4/c1-3-10-23(11-4-1)29-22-30(35-33(34-29)25-13-5-2-6-14-25)26-15-9-16-27(20-26)31-21-28-19-18-24-12-7-8-17-32(24)37(28)36-31/h1-22H. The Bertz CT molecular complexity index is 1810. The summed E-state index contributed by atoms with van der Waals surface area (Å²) < 4.78 is 2.02. The quantitative estimate of drug-likeness (QED) is 0.260. The molecule has 7 rings (SSSR count). The molecular weight excluding hydrogens is 452 g/mol. The summed E-state index contributed by atoms with van der Waals surface area (Å²) in [6, 6.07) is 45.6. The zero-order valence-corrected chi connectivity index (χ0v) is 20.0. The lowest BCUT2D eigenvalue weighted by atomic mass is 10.0. The highest BCUT2D eigenvalue weighted by Gasteiger charge is 2.12. The second-order valence-corrected chi connectivity index (χ2v) is 9.03. The van der Waals surface area contributed by atoms with Crippen LogP contribution in [0.2, 0.25) is 0 Å². The van der Waals surface area contributed by atoms with E-state index in [-0.39, 0.29) is 0 Å². The largest absolute Gasteiger partial charge is 0.232 e. The van der Waals surface area contributed by atoms with Crippen molar-refractivity contribution in [3.8, 4) is 45.2 Å². The van der Waals surface area contributed by atoms with Crippen LogP contribution in [0, 0.1) is 0 Å². The van der Waals surface area contributed by atoms with E-state index >= 15 is 0 Å². The highest BCUT2D eigenvalue weighted by molar-refractivity contribution is 5.84. The Labute approximate surface area is 214 Å². The first kappa shape index (κ1) is 21.2. The Balaban J connectivity index is 1.37. The van der Waals surface area contributed by atoms with Crippen LogP contribution in [0.3, 0.4) is 0 Å². The average Bonchev–Trinajstić information content (AvgIpc) is 3.43. The number of benzene rings is 4. The van der Waals surface area contributed by atoms with Crippen molar-refractivity contribution in [2.45, 2.75) is 0 Å². The third-order valence-corrected chi connectivity index (χ3v) is 6.62. The molecule has 0 atom stereocenters. The average molecular weight is 475 g/mol. The molecule has 3 aromatic heterocycles. The van der Waals surface area contributed by atoms with Crippen LogP contribution in [0.5, 0.6) is 0 Å². The summed E-state index contributed by atoms with van der Waals surface area (Å²) in [6.07, 6.45) is 0. The van der Waals surface area contributed by atoms with Crippen molar-refractivity contribution in [3.63, 3.8) is 0 Å². The van der Waals surface area contributed by atoms with Gasteiger partial charge in [0.05, 0.1) is 28.1 Å². The number of fused-ring (bicyclic) bond motifs is 3. The van der Waals surface area contributed by atoms with E-state index in [2.05, 4.69) is 78.9 Å². The van der Waals surface area contributed by atoms with Gasteiger partial charge in [0.1, 0.15) is 0 Å². The van der Waals surface area contributed by atoms with Crippen molar-refractivity contribution in [1.29, 1.82) is 0 Å². The van der Waals surface area contributed by atoms with E-state index in [1.54, 1.807) is 0 Å². The van der Waals surface area contributed by atoms with Gasteiger partial charge >= 0.3 is 0 Å². The van der Waals surface area contributed by atoms with Gasteiger partial charge in [0, 0.05) is 27.6 Å². The SMILES string of the molecule is c1ccc(-c2cc(-c3cccc(-c4cc5ccc6ccccc6n5n4)c3)nc(-c3ccccc3)n2)cc1. The minimum absolute atomic E-state index is 0.710. The number of pyridine rings is 1. The van der Waals surface area contributed by atoms with Crippen molar-refractivity contribution >= 4 is 16.4 Å². The minimum Gasteiger partial charge on any atom is -0.232 e. The van der Waals surface area contributed by atoms with Crippen LogP contribution in [-0.4, -0.2) is 19.6 Å².